The molecule has 1 heterocycles. The highest BCUT2D eigenvalue weighted by Gasteiger charge is 2.32. The highest BCUT2D eigenvalue weighted by molar-refractivity contribution is 5.69. The van der Waals surface area contributed by atoms with Crippen molar-refractivity contribution in [1.29, 1.82) is 0 Å². The number of hydrogen-bond donors (Lipinski definition) is 1. The van der Waals surface area contributed by atoms with Gasteiger partial charge in [-0.15, -0.1) is 0 Å². The van der Waals surface area contributed by atoms with Gasteiger partial charge in [-0.1, -0.05) is 0 Å². The Balaban J connectivity index is 2.65. The van der Waals surface area contributed by atoms with E-state index in [0.29, 0.717) is 6.04 Å². The Morgan fingerprint density at radius 2 is 1.88 bits per heavy atom. The van der Waals surface area contributed by atoms with E-state index in [1.54, 1.807) is 0 Å². The van der Waals surface area contributed by atoms with Gasteiger partial charge in [0.15, 0.2) is 0 Å². The van der Waals surface area contributed by atoms with Crippen molar-refractivity contribution in [3.05, 3.63) is 0 Å². The number of carboxylic acid groups (broad SMARTS) is 1. The SMILES string of the molecule is CN1CCC(N(CC(=O)O)C(C)(C)C)CC1. The zero-order valence-corrected chi connectivity index (χ0v) is 10.9. The molecule has 1 aliphatic heterocycles. The minimum Gasteiger partial charge on any atom is -0.480 e. The van der Waals surface area contributed by atoms with Gasteiger partial charge in [-0.25, -0.2) is 0 Å². The number of likely N-dealkylation sites (tertiary alicyclic amines) is 1. The molecule has 0 aliphatic carbocycles. The summed E-state index contributed by atoms with van der Waals surface area (Å²) in [4.78, 5) is 15.3. The zero-order valence-electron chi connectivity index (χ0n) is 10.9. The maximum absolute atomic E-state index is 10.9. The Kier molecular flexibility index (Phi) is 4.33. The molecule has 4 heteroatoms. The first-order valence-corrected chi connectivity index (χ1v) is 5.98. The summed E-state index contributed by atoms with van der Waals surface area (Å²) in [5.74, 6) is -0.728. The maximum Gasteiger partial charge on any atom is 0.317 e. The highest BCUT2D eigenvalue weighted by Crippen LogP contribution is 2.23. The summed E-state index contributed by atoms with van der Waals surface area (Å²) in [6, 6.07) is 0.410. The molecule has 1 saturated heterocycles. The molecule has 0 radical (unpaired) electrons. The van der Waals surface area contributed by atoms with Gasteiger partial charge < -0.3 is 10.0 Å². The van der Waals surface area contributed by atoms with E-state index < -0.39 is 5.97 Å². The van der Waals surface area contributed by atoms with Crippen molar-refractivity contribution in [3.8, 4) is 0 Å². The standard InChI is InChI=1S/C12H24N2O2/c1-12(2,3)14(9-11(15)16)10-5-7-13(4)8-6-10/h10H,5-9H2,1-4H3,(H,15,16). The van der Waals surface area contributed by atoms with Crippen LogP contribution in [0.25, 0.3) is 0 Å². The number of nitrogens with zero attached hydrogens (tertiary/aromatic N) is 2. The van der Waals surface area contributed by atoms with E-state index in [9.17, 15) is 4.79 Å². The predicted molar refractivity (Wildman–Crippen MR) is 64.6 cm³/mol. The van der Waals surface area contributed by atoms with Crippen LogP contribution in [0.4, 0.5) is 0 Å². The largest absolute Gasteiger partial charge is 0.480 e. The van der Waals surface area contributed by atoms with Crippen LogP contribution in [0.15, 0.2) is 0 Å². The number of hydrogen-bond acceptors (Lipinski definition) is 3. The van der Waals surface area contributed by atoms with Gasteiger partial charge >= 0.3 is 5.97 Å². The summed E-state index contributed by atoms with van der Waals surface area (Å²) in [6.07, 6.45) is 2.14. The minimum atomic E-state index is -0.728. The van der Waals surface area contributed by atoms with E-state index in [1.165, 1.54) is 0 Å². The molecule has 16 heavy (non-hydrogen) atoms. The van der Waals surface area contributed by atoms with Crippen LogP contribution in [-0.4, -0.2) is 59.1 Å². The fourth-order valence-electron chi connectivity index (χ4n) is 2.37. The molecular formula is C12H24N2O2. The van der Waals surface area contributed by atoms with Crippen LogP contribution in [0.2, 0.25) is 0 Å². The summed E-state index contributed by atoms with van der Waals surface area (Å²) >= 11 is 0. The van der Waals surface area contributed by atoms with Gasteiger partial charge in [0, 0.05) is 11.6 Å². The van der Waals surface area contributed by atoms with Crippen LogP contribution in [0.1, 0.15) is 33.6 Å². The first-order chi connectivity index (χ1) is 7.30. The fourth-order valence-corrected chi connectivity index (χ4v) is 2.37. The lowest BCUT2D eigenvalue weighted by atomic mass is 9.96. The molecule has 1 N–H and O–H groups in total. The van der Waals surface area contributed by atoms with Crippen molar-refractivity contribution in [1.82, 2.24) is 9.80 Å². The smallest absolute Gasteiger partial charge is 0.317 e. The van der Waals surface area contributed by atoms with Crippen LogP contribution >= 0.6 is 0 Å². The second kappa shape index (κ2) is 5.15. The van der Waals surface area contributed by atoms with Crippen LogP contribution in [0.5, 0.6) is 0 Å². The normalized spacial score (nSPS) is 20.3. The van der Waals surface area contributed by atoms with E-state index in [2.05, 4.69) is 37.6 Å². The molecule has 0 saturated carbocycles. The second-order valence-corrected chi connectivity index (χ2v) is 5.73. The number of carbonyl (C=O) groups is 1. The molecule has 0 aromatic rings. The number of carboxylic acids is 1. The Bertz CT molecular complexity index is 240. The average Bonchev–Trinajstić information content (AvgIpc) is 2.14. The number of aliphatic carboxylic acids is 1. The summed E-state index contributed by atoms with van der Waals surface area (Å²) in [6.45, 7) is 8.56. The average molecular weight is 228 g/mol. The van der Waals surface area contributed by atoms with Crippen molar-refractivity contribution in [2.24, 2.45) is 0 Å². The molecule has 0 atom stereocenters. The van der Waals surface area contributed by atoms with Gasteiger partial charge in [0.25, 0.3) is 0 Å². The first-order valence-electron chi connectivity index (χ1n) is 5.98. The Morgan fingerprint density at radius 3 is 2.25 bits per heavy atom. The second-order valence-electron chi connectivity index (χ2n) is 5.73. The summed E-state index contributed by atoms with van der Waals surface area (Å²) in [5.41, 5.74) is -0.0705. The molecule has 1 fully saturated rings. The molecular weight excluding hydrogens is 204 g/mol. The molecule has 0 spiro atoms. The van der Waals surface area contributed by atoms with Crippen LogP contribution in [-0.2, 0) is 4.79 Å². The van der Waals surface area contributed by atoms with Crippen LogP contribution in [0.3, 0.4) is 0 Å². The predicted octanol–water partition coefficient (Wildman–Crippen LogP) is 1.27. The van der Waals surface area contributed by atoms with Crippen molar-refractivity contribution in [3.63, 3.8) is 0 Å². The van der Waals surface area contributed by atoms with Crippen LogP contribution in [0, 0.1) is 0 Å². The zero-order chi connectivity index (χ0) is 12.3. The molecule has 0 aromatic carbocycles. The molecule has 94 valence electrons. The van der Waals surface area contributed by atoms with Crippen molar-refractivity contribution in [2.75, 3.05) is 26.7 Å². The topological polar surface area (TPSA) is 43.8 Å². The Morgan fingerprint density at radius 1 is 1.38 bits per heavy atom. The van der Waals surface area contributed by atoms with E-state index >= 15 is 0 Å². The van der Waals surface area contributed by atoms with Gasteiger partial charge in [0.2, 0.25) is 0 Å². The third kappa shape index (κ3) is 3.76. The van der Waals surface area contributed by atoms with E-state index in [1.807, 2.05) is 0 Å². The number of rotatable bonds is 3. The van der Waals surface area contributed by atoms with Gasteiger partial charge in [-0.05, 0) is 53.8 Å². The summed E-state index contributed by atoms with van der Waals surface area (Å²) in [7, 11) is 2.12. The molecule has 0 amide bonds. The molecule has 1 aliphatic rings. The summed E-state index contributed by atoms with van der Waals surface area (Å²) in [5, 5.41) is 8.98. The molecule has 0 aromatic heterocycles. The third-order valence-corrected chi connectivity index (χ3v) is 3.30. The molecule has 1 rings (SSSR count). The van der Waals surface area contributed by atoms with Crippen molar-refractivity contribution < 1.29 is 9.90 Å². The lowest BCUT2D eigenvalue weighted by Crippen LogP contribution is -2.53. The van der Waals surface area contributed by atoms with Crippen molar-refractivity contribution >= 4 is 5.97 Å². The fraction of sp³-hybridized carbons (Fsp3) is 0.917. The molecule has 0 unspecified atom stereocenters. The van der Waals surface area contributed by atoms with Crippen molar-refractivity contribution in [2.45, 2.75) is 45.2 Å². The van der Waals surface area contributed by atoms with Gasteiger partial charge in [-0.2, -0.15) is 0 Å². The highest BCUT2D eigenvalue weighted by atomic mass is 16.4. The Hall–Kier alpha value is -0.610. The van der Waals surface area contributed by atoms with E-state index in [-0.39, 0.29) is 12.1 Å². The minimum absolute atomic E-state index is 0.0705. The Labute approximate surface area is 98.2 Å². The monoisotopic (exact) mass is 228 g/mol. The maximum atomic E-state index is 10.9. The molecule has 4 nitrogen and oxygen atoms in total. The van der Waals surface area contributed by atoms with Gasteiger partial charge in [-0.3, -0.25) is 9.69 Å². The van der Waals surface area contributed by atoms with Gasteiger partial charge in [0.1, 0.15) is 0 Å². The lowest BCUT2D eigenvalue weighted by Gasteiger charge is -2.43. The van der Waals surface area contributed by atoms with E-state index in [0.717, 1.165) is 25.9 Å². The summed E-state index contributed by atoms with van der Waals surface area (Å²) < 4.78 is 0. The van der Waals surface area contributed by atoms with Crippen LogP contribution < -0.4 is 0 Å². The lowest BCUT2D eigenvalue weighted by molar-refractivity contribution is -0.141. The third-order valence-electron chi connectivity index (χ3n) is 3.30. The first kappa shape index (κ1) is 13.5. The molecule has 0 bridgehead atoms. The van der Waals surface area contributed by atoms with E-state index in [4.69, 9.17) is 5.11 Å². The quantitative estimate of drug-likeness (QED) is 0.790. The number of piperidine rings is 1. The van der Waals surface area contributed by atoms with Gasteiger partial charge in [0.05, 0.1) is 6.54 Å².